The van der Waals surface area contributed by atoms with Crippen LogP contribution in [0.1, 0.15) is 21.5 Å². The Hall–Kier alpha value is -4.00. The van der Waals surface area contributed by atoms with Crippen molar-refractivity contribution in [2.24, 2.45) is 0 Å². The fourth-order valence-electron chi connectivity index (χ4n) is 3.77. The van der Waals surface area contributed by atoms with Gasteiger partial charge in [-0.05, 0) is 42.0 Å². The van der Waals surface area contributed by atoms with Crippen LogP contribution in [0.5, 0.6) is 23.0 Å². The van der Waals surface area contributed by atoms with E-state index < -0.39 is 0 Å². The Morgan fingerprint density at radius 1 is 1.13 bits per heavy atom. The number of ketones is 1. The summed E-state index contributed by atoms with van der Waals surface area (Å²) in [6, 6.07) is 12.9. The number of allylic oxidation sites excluding steroid dienone is 1. The number of carbonyl (C=O) groups excluding carboxylic acids is 1. The van der Waals surface area contributed by atoms with Crippen molar-refractivity contribution in [3.05, 3.63) is 77.3 Å². The van der Waals surface area contributed by atoms with Crippen molar-refractivity contribution >= 4 is 17.5 Å². The number of hydrogen-bond donors (Lipinski definition) is 0. The highest BCUT2D eigenvalue weighted by Gasteiger charge is 2.34. The first kappa shape index (κ1) is 19.0. The van der Waals surface area contributed by atoms with Gasteiger partial charge in [-0.15, -0.1) is 0 Å². The number of rotatable bonds is 4. The zero-order valence-corrected chi connectivity index (χ0v) is 17.1. The molecular formula is C24H20N2O5. The Morgan fingerprint density at radius 2 is 2.03 bits per heavy atom. The molecule has 31 heavy (non-hydrogen) atoms. The highest BCUT2D eigenvalue weighted by Crippen LogP contribution is 2.44. The maximum atomic E-state index is 12.9. The highest BCUT2D eigenvalue weighted by molar-refractivity contribution is 6.15. The van der Waals surface area contributed by atoms with Crippen molar-refractivity contribution in [3.8, 4) is 23.0 Å². The molecule has 0 unspecified atom stereocenters. The van der Waals surface area contributed by atoms with Crippen LogP contribution < -0.4 is 23.8 Å². The van der Waals surface area contributed by atoms with Crippen molar-refractivity contribution in [3.63, 3.8) is 0 Å². The lowest BCUT2D eigenvalue weighted by atomic mass is 10.0. The fourth-order valence-corrected chi connectivity index (χ4v) is 3.77. The third-order valence-corrected chi connectivity index (χ3v) is 5.33. The highest BCUT2D eigenvalue weighted by atomic mass is 16.5. The topological polar surface area (TPSA) is 70.1 Å². The number of benzene rings is 2. The van der Waals surface area contributed by atoms with Gasteiger partial charge in [0.25, 0.3) is 0 Å². The van der Waals surface area contributed by atoms with Crippen molar-refractivity contribution in [2.45, 2.75) is 6.54 Å². The largest absolute Gasteiger partial charge is 0.497 e. The van der Waals surface area contributed by atoms with E-state index in [1.165, 1.54) is 0 Å². The SMILES string of the molecule is COc1ccc(N2COc3ccc4c(c3C2)OC(=Cc2cccnc2)C4=O)c(OC)c1. The number of aromatic nitrogens is 1. The van der Waals surface area contributed by atoms with Gasteiger partial charge < -0.3 is 23.8 Å². The summed E-state index contributed by atoms with van der Waals surface area (Å²) >= 11 is 0. The molecule has 0 N–H and O–H groups in total. The Balaban J connectivity index is 1.49. The van der Waals surface area contributed by atoms with Crippen LogP contribution >= 0.6 is 0 Å². The first-order valence-electron chi connectivity index (χ1n) is 9.78. The Morgan fingerprint density at radius 3 is 2.81 bits per heavy atom. The van der Waals surface area contributed by atoms with E-state index in [0.29, 0.717) is 41.8 Å². The van der Waals surface area contributed by atoms with Gasteiger partial charge in [-0.25, -0.2) is 0 Å². The van der Waals surface area contributed by atoms with Gasteiger partial charge in [0.1, 0.15) is 23.0 Å². The minimum Gasteiger partial charge on any atom is -0.497 e. The molecule has 2 aromatic carbocycles. The summed E-state index contributed by atoms with van der Waals surface area (Å²) in [7, 11) is 3.23. The predicted molar refractivity (Wildman–Crippen MR) is 115 cm³/mol. The molecule has 3 aromatic rings. The molecule has 7 nitrogen and oxygen atoms in total. The molecule has 0 aliphatic carbocycles. The molecule has 0 fully saturated rings. The summed E-state index contributed by atoms with van der Waals surface area (Å²) in [5.74, 6) is 2.75. The molecule has 0 saturated carbocycles. The van der Waals surface area contributed by atoms with Crippen molar-refractivity contribution in [2.75, 3.05) is 25.9 Å². The van der Waals surface area contributed by atoms with Crippen molar-refractivity contribution in [1.29, 1.82) is 0 Å². The van der Waals surface area contributed by atoms with E-state index in [9.17, 15) is 4.79 Å². The Kier molecular flexibility index (Phi) is 4.71. The average molecular weight is 416 g/mol. The number of Topliss-reactive ketones (excluding diaryl/α,β-unsaturated/α-hetero) is 1. The predicted octanol–water partition coefficient (Wildman–Crippen LogP) is 4.07. The molecule has 0 amide bonds. The lowest BCUT2D eigenvalue weighted by molar-refractivity contribution is 0.101. The summed E-state index contributed by atoms with van der Waals surface area (Å²) in [5, 5.41) is 0. The molecule has 3 heterocycles. The molecule has 0 spiro atoms. The second kappa shape index (κ2) is 7.68. The zero-order chi connectivity index (χ0) is 21.4. The lowest BCUT2D eigenvalue weighted by Crippen LogP contribution is -2.32. The van der Waals surface area contributed by atoms with E-state index in [1.54, 1.807) is 38.8 Å². The monoisotopic (exact) mass is 416 g/mol. The van der Waals surface area contributed by atoms with E-state index in [0.717, 1.165) is 16.8 Å². The van der Waals surface area contributed by atoms with Gasteiger partial charge in [-0.2, -0.15) is 0 Å². The fraction of sp³-hybridized carbons (Fsp3) is 0.167. The molecule has 0 bridgehead atoms. The van der Waals surface area contributed by atoms with E-state index in [4.69, 9.17) is 18.9 Å². The summed E-state index contributed by atoms with van der Waals surface area (Å²) in [6.07, 6.45) is 5.07. The summed E-state index contributed by atoms with van der Waals surface area (Å²) in [5.41, 5.74) is 3.01. The summed E-state index contributed by atoms with van der Waals surface area (Å²) < 4.78 is 22.8. The molecule has 7 heteroatoms. The number of anilines is 1. The summed E-state index contributed by atoms with van der Waals surface area (Å²) in [4.78, 5) is 19.0. The van der Waals surface area contributed by atoms with Crippen LogP contribution in [-0.4, -0.2) is 31.7 Å². The van der Waals surface area contributed by atoms with Gasteiger partial charge in [0.05, 0.1) is 37.6 Å². The van der Waals surface area contributed by atoms with Crippen LogP contribution in [0.2, 0.25) is 0 Å². The second-order valence-electron chi connectivity index (χ2n) is 7.15. The Labute approximate surface area is 179 Å². The third-order valence-electron chi connectivity index (χ3n) is 5.33. The standard InChI is InChI=1S/C24H20N2O5/c1-28-16-5-7-19(21(11-16)29-2)26-13-18-20(30-14-26)8-6-17-23(27)22(31-24(17)18)10-15-4-3-9-25-12-15/h3-12H,13-14H2,1-2H3. The van der Waals surface area contributed by atoms with Crippen LogP contribution in [0.15, 0.2) is 60.6 Å². The third kappa shape index (κ3) is 3.34. The van der Waals surface area contributed by atoms with Gasteiger partial charge in [-0.1, -0.05) is 6.07 Å². The normalized spacial score (nSPS) is 15.7. The van der Waals surface area contributed by atoms with Crippen LogP contribution in [0.3, 0.4) is 0 Å². The molecule has 2 aliphatic heterocycles. The number of carbonyl (C=O) groups is 1. The minimum absolute atomic E-state index is 0.152. The molecule has 5 rings (SSSR count). The van der Waals surface area contributed by atoms with Crippen LogP contribution in [0.4, 0.5) is 5.69 Å². The first-order chi connectivity index (χ1) is 15.2. The van der Waals surface area contributed by atoms with E-state index in [2.05, 4.69) is 4.98 Å². The van der Waals surface area contributed by atoms with Crippen LogP contribution in [0, 0.1) is 0 Å². The maximum absolute atomic E-state index is 12.9. The van der Waals surface area contributed by atoms with E-state index in [-0.39, 0.29) is 11.5 Å². The lowest BCUT2D eigenvalue weighted by Gasteiger charge is -2.32. The van der Waals surface area contributed by atoms with E-state index >= 15 is 0 Å². The zero-order valence-electron chi connectivity index (χ0n) is 17.1. The quantitative estimate of drug-likeness (QED) is 0.594. The molecule has 1 aromatic heterocycles. The number of ether oxygens (including phenoxy) is 4. The Bertz CT molecular complexity index is 1190. The number of fused-ring (bicyclic) bond motifs is 3. The van der Waals surface area contributed by atoms with Gasteiger partial charge in [0, 0.05) is 18.5 Å². The number of nitrogens with zero attached hydrogens (tertiary/aromatic N) is 2. The molecule has 2 aliphatic rings. The second-order valence-corrected chi connectivity index (χ2v) is 7.15. The van der Waals surface area contributed by atoms with Gasteiger partial charge in [0.15, 0.2) is 12.5 Å². The minimum atomic E-state index is -0.152. The van der Waals surface area contributed by atoms with Crippen LogP contribution in [0.25, 0.3) is 6.08 Å². The first-order valence-corrected chi connectivity index (χ1v) is 9.78. The van der Waals surface area contributed by atoms with Gasteiger partial charge in [-0.3, -0.25) is 9.78 Å². The van der Waals surface area contributed by atoms with E-state index in [1.807, 2.05) is 41.3 Å². The van der Waals surface area contributed by atoms with Gasteiger partial charge in [0.2, 0.25) is 5.78 Å². The van der Waals surface area contributed by atoms with Crippen LogP contribution in [-0.2, 0) is 6.54 Å². The number of hydrogen-bond acceptors (Lipinski definition) is 7. The van der Waals surface area contributed by atoms with Crippen molar-refractivity contribution in [1.82, 2.24) is 4.98 Å². The maximum Gasteiger partial charge on any atom is 0.231 e. The number of pyridine rings is 1. The van der Waals surface area contributed by atoms with Crippen molar-refractivity contribution < 1.29 is 23.7 Å². The molecule has 156 valence electrons. The molecule has 0 atom stereocenters. The van der Waals surface area contributed by atoms with Gasteiger partial charge >= 0.3 is 0 Å². The average Bonchev–Trinajstić information content (AvgIpc) is 3.14. The molecule has 0 radical (unpaired) electrons. The summed E-state index contributed by atoms with van der Waals surface area (Å²) in [6.45, 7) is 0.857. The smallest absolute Gasteiger partial charge is 0.231 e. The number of methoxy groups -OCH3 is 2. The molecule has 0 saturated heterocycles. The molecular weight excluding hydrogens is 396 g/mol.